The van der Waals surface area contributed by atoms with Crippen molar-refractivity contribution in [3.8, 4) is 0 Å². The Morgan fingerprint density at radius 1 is 1.17 bits per heavy atom. The normalized spacial score (nSPS) is 21.4. The number of amides is 3. The van der Waals surface area contributed by atoms with Crippen molar-refractivity contribution in [1.29, 1.82) is 0 Å². The fraction of sp³-hybridized carbons (Fsp3) is 0.636. The van der Waals surface area contributed by atoms with Crippen LogP contribution in [-0.4, -0.2) is 47.7 Å². The Morgan fingerprint density at radius 3 is 2.28 bits per heavy atom. The first-order chi connectivity index (χ1) is 8.58. The Kier molecular flexibility index (Phi) is 3.59. The highest BCUT2D eigenvalue weighted by molar-refractivity contribution is 6.45. The molecule has 0 bridgehead atoms. The second-order valence-electron chi connectivity index (χ2n) is 4.45. The summed E-state index contributed by atoms with van der Waals surface area (Å²) in [4.78, 5) is 39.7. The first-order valence-electron chi connectivity index (χ1n) is 6.07. The highest BCUT2D eigenvalue weighted by Gasteiger charge is 2.28. The Balaban J connectivity index is 1.96. The summed E-state index contributed by atoms with van der Waals surface area (Å²) in [5.41, 5.74) is 0. The minimum atomic E-state index is -0.744. The van der Waals surface area contributed by atoms with Gasteiger partial charge in [-0.25, -0.2) is 4.99 Å². The molecule has 2 aliphatic heterocycles. The smallest absolute Gasteiger partial charge is 0.316 e. The van der Waals surface area contributed by atoms with Crippen molar-refractivity contribution in [3.63, 3.8) is 0 Å². The average Bonchev–Trinajstić information content (AvgIpc) is 2.68. The Bertz CT molecular complexity index is 395. The molecule has 1 unspecified atom stereocenters. The Labute approximate surface area is 105 Å². The van der Waals surface area contributed by atoms with Gasteiger partial charge < -0.3 is 4.90 Å². The van der Waals surface area contributed by atoms with Crippen molar-refractivity contribution in [2.45, 2.75) is 32.2 Å². The molecule has 0 saturated carbocycles. The molecule has 0 spiro atoms. The maximum absolute atomic E-state index is 12.0. The number of rotatable bonds is 2. The molecule has 2 N–H and O–H groups in total. The topological polar surface area (TPSA) is 90.9 Å². The standard InChI is InChI=1S/C11H16N4O3/c1-7(10(18)15-5-3-2-4-6-15)12-11-13-8(16)9(17)14-11/h7H,2-6H2,1H3,(H2,12,13,14,16,17). The van der Waals surface area contributed by atoms with Crippen molar-refractivity contribution in [1.82, 2.24) is 15.5 Å². The fourth-order valence-corrected chi connectivity index (χ4v) is 2.05. The zero-order valence-electron chi connectivity index (χ0n) is 10.2. The molecule has 3 amide bonds. The molecular weight excluding hydrogens is 236 g/mol. The molecule has 0 aliphatic carbocycles. The fourth-order valence-electron chi connectivity index (χ4n) is 2.05. The lowest BCUT2D eigenvalue weighted by Gasteiger charge is -2.28. The van der Waals surface area contributed by atoms with Gasteiger partial charge in [-0.1, -0.05) is 0 Å². The molecule has 2 heterocycles. The molecule has 2 fully saturated rings. The molecule has 0 aromatic rings. The third kappa shape index (κ3) is 2.66. The van der Waals surface area contributed by atoms with Gasteiger partial charge in [-0.3, -0.25) is 25.0 Å². The van der Waals surface area contributed by atoms with Gasteiger partial charge in [0.25, 0.3) is 0 Å². The van der Waals surface area contributed by atoms with Gasteiger partial charge in [0.1, 0.15) is 6.04 Å². The monoisotopic (exact) mass is 252 g/mol. The van der Waals surface area contributed by atoms with Crippen molar-refractivity contribution in [3.05, 3.63) is 0 Å². The van der Waals surface area contributed by atoms with Crippen molar-refractivity contribution < 1.29 is 14.4 Å². The number of likely N-dealkylation sites (tertiary alicyclic amines) is 1. The summed E-state index contributed by atoms with van der Waals surface area (Å²) in [6.07, 6.45) is 3.18. The third-order valence-corrected chi connectivity index (χ3v) is 3.02. The lowest BCUT2D eigenvalue weighted by Crippen LogP contribution is -2.41. The second kappa shape index (κ2) is 5.16. The average molecular weight is 252 g/mol. The van der Waals surface area contributed by atoms with Crippen LogP contribution in [0.25, 0.3) is 0 Å². The molecule has 98 valence electrons. The molecular formula is C11H16N4O3. The van der Waals surface area contributed by atoms with E-state index < -0.39 is 17.9 Å². The zero-order chi connectivity index (χ0) is 13.1. The van der Waals surface area contributed by atoms with Crippen LogP contribution < -0.4 is 10.6 Å². The summed E-state index contributed by atoms with van der Waals surface area (Å²) in [7, 11) is 0. The summed E-state index contributed by atoms with van der Waals surface area (Å²) in [5, 5.41) is 4.54. The lowest BCUT2D eigenvalue weighted by atomic mass is 10.1. The number of aliphatic imine (C=N–C) groups is 1. The maximum atomic E-state index is 12.0. The van der Waals surface area contributed by atoms with E-state index in [0.717, 1.165) is 32.4 Å². The predicted molar refractivity (Wildman–Crippen MR) is 63.6 cm³/mol. The Hall–Kier alpha value is -1.92. The first kappa shape index (κ1) is 12.5. The summed E-state index contributed by atoms with van der Waals surface area (Å²) >= 11 is 0. The van der Waals surface area contributed by atoms with Gasteiger partial charge in [-0.2, -0.15) is 0 Å². The lowest BCUT2D eigenvalue weighted by molar-refractivity contribution is -0.135. The van der Waals surface area contributed by atoms with Crippen LogP contribution in [0.2, 0.25) is 0 Å². The molecule has 2 rings (SSSR count). The minimum Gasteiger partial charge on any atom is -0.341 e. The zero-order valence-corrected chi connectivity index (χ0v) is 10.2. The van der Waals surface area contributed by atoms with Crippen LogP contribution in [0.5, 0.6) is 0 Å². The SMILES string of the molecule is CC(N=C1NC(=O)C(=O)N1)C(=O)N1CCCCC1. The van der Waals surface area contributed by atoms with Gasteiger partial charge in [-0.15, -0.1) is 0 Å². The number of nitrogens with zero attached hydrogens (tertiary/aromatic N) is 2. The first-order valence-corrected chi connectivity index (χ1v) is 6.07. The number of carbonyl (C=O) groups excluding carboxylic acids is 3. The maximum Gasteiger partial charge on any atom is 0.316 e. The number of piperidine rings is 1. The minimum absolute atomic E-state index is 0.0582. The van der Waals surface area contributed by atoms with Crippen molar-refractivity contribution in [2.24, 2.45) is 4.99 Å². The molecule has 7 heteroatoms. The molecule has 2 aliphatic rings. The molecule has 7 nitrogen and oxygen atoms in total. The van der Waals surface area contributed by atoms with E-state index in [1.165, 1.54) is 0 Å². The number of guanidine groups is 1. The second-order valence-corrected chi connectivity index (χ2v) is 4.45. The third-order valence-electron chi connectivity index (χ3n) is 3.02. The Morgan fingerprint density at radius 2 is 1.72 bits per heavy atom. The molecule has 0 radical (unpaired) electrons. The summed E-state index contributed by atoms with van der Waals surface area (Å²) in [6, 6.07) is -0.600. The number of nitrogens with one attached hydrogen (secondary N) is 2. The van der Waals surface area contributed by atoms with E-state index in [1.54, 1.807) is 11.8 Å². The highest BCUT2D eigenvalue weighted by atomic mass is 16.2. The summed E-state index contributed by atoms with van der Waals surface area (Å²) in [5.74, 6) is -1.50. The number of hydrogen-bond acceptors (Lipinski definition) is 4. The van der Waals surface area contributed by atoms with Crippen LogP contribution in [0.1, 0.15) is 26.2 Å². The molecule has 18 heavy (non-hydrogen) atoms. The van der Waals surface area contributed by atoms with E-state index in [9.17, 15) is 14.4 Å². The molecule has 0 aromatic carbocycles. The van der Waals surface area contributed by atoms with Crippen LogP contribution in [0.3, 0.4) is 0 Å². The van der Waals surface area contributed by atoms with E-state index in [4.69, 9.17) is 0 Å². The van der Waals surface area contributed by atoms with Crippen LogP contribution in [-0.2, 0) is 14.4 Å². The van der Waals surface area contributed by atoms with E-state index in [1.807, 2.05) is 0 Å². The van der Waals surface area contributed by atoms with Crippen molar-refractivity contribution in [2.75, 3.05) is 13.1 Å². The summed E-state index contributed by atoms with van der Waals surface area (Å²) in [6.45, 7) is 3.17. The number of carbonyl (C=O) groups is 3. The van der Waals surface area contributed by atoms with Crippen molar-refractivity contribution >= 4 is 23.7 Å². The molecule has 1 atom stereocenters. The van der Waals surface area contributed by atoms with Gasteiger partial charge in [0.05, 0.1) is 0 Å². The van der Waals surface area contributed by atoms with Crippen LogP contribution >= 0.6 is 0 Å². The van der Waals surface area contributed by atoms with Gasteiger partial charge in [-0.05, 0) is 26.2 Å². The quantitative estimate of drug-likeness (QED) is 0.617. The van der Waals surface area contributed by atoms with Gasteiger partial charge in [0, 0.05) is 13.1 Å². The molecule has 2 saturated heterocycles. The van der Waals surface area contributed by atoms with Gasteiger partial charge in [0.2, 0.25) is 11.9 Å². The predicted octanol–water partition coefficient (Wildman–Crippen LogP) is -1.01. The van der Waals surface area contributed by atoms with Crippen LogP contribution in [0.4, 0.5) is 0 Å². The summed E-state index contributed by atoms with van der Waals surface area (Å²) < 4.78 is 0. The number of hydrogen-bond donors (Lipinski definition) is 2. The van der Waals surface area contributed by atoms with E-state index >= 15 is 0 Å². The van der Waals surface area contributed by atoms with E-state index in [2.05, 4.69) is 15.6 Å². The largest absolute Gasteiger partial charge is 0.341 e. The van der Waals surface area contributed by atoms with Gasteiger partial charge >= 0.3 is 11.8 Å². The van der Waals surface area contributed by atoms with Crippen LogP contribution in [0, 0.1) is 0 Å². The molecule has 0 aromatic heterocycles. The van der Waals surface area contributed by atoms with Gasteiger partial charge in [0.15, 0.2) is 0 Å². The van der Waals surface area contributed by atoms with Crippen LogP contribution in [0.15, 0.2) is 4.99 Å². The highest BCUT2D eigenvalue weighted by Crippen LogP contribution is 2.11. The van der Waals surface area contributed by atoms with E-state index in [-0.39, 0.29) is 11.9 Å². The van der Waals surface area contributed by atoms with E-state index in [0.29, 0.717) is 0 Å².